The molecule has 4 heteroatoms. The SMILES string of the molecule is COc1ccc(Cc2nnc(/C=C/c3cccc4ccccc34)o2)cc1. The number of rotatable bonds is 5. The Balaban J connectivity index is 1.51. The van der Waals surface area contributed by atoms with Gasteiger partial charge in [0, 0.05) is 6.08 Å². The van der Waals surface area contributed by atoms with Gasteiger partial charge in [0.15, 0.2) is 0 Å². The van der Waals surface area contributed by atoms with Crippen LogP contribution < -0.4 is 4.74 Å². The van der Waals surface area contributed by atoms with Crippen molar-refractivity contribution in [1.29, 1.82) is 0 Å². The van der Waals surface area contributed by atoms with Crippen LogP contribution in [-0.4, -0.2) is 17.3 Å². The molecule has 0 spiro atoms. The molecule has 3 aromatic carbocycles. The summed E-state index contributed by atoms with van der Waals surface area (Å²) in [6.45, 7) is 0. The number of hydrogen-bond acceptors (Lipinski definition) is 4. The van der Waals surface area contributed by atoms with Gasteiger partial charge in [0.2, 0.25) is 11.8 Å². The molecule has 0 aliphatic rings. The average Bonchev–Trinajstić information content (AvgIpc) is 3.14. The molecule has 4 aromatic rings. The molecule has 4 nitrogen and oxygen atoms in total. The fourth-order valence-electron chi connectivity index (χ4n) is 2.88. The fraction of sp³-hybridized carbons (Fsp3) is 0.0909. The van der Waals surface area contributed by atoms with Crippen LogP contribution in [0.15, 0.2) is 71.1 Å². The Morgan fingerprint density at radius 1 is 0.885 bits per heavy atom. The third-order valence-corrected chi connectivity index (χ3v) is 4.23. The second-order valence-corrected chi connectivity index (χ2v) is 5.96. The van der Waals surface area contributed by atoms with E-state index in [1.54, 1.807) is 7.11 Å². The molecule has 0 saturated heterocycles. The molecule has 0 aliphatic carbocycles. The Morgan fingerprint density at radius 3 is 2.54 bits per heavy atom. The fourth-order valence-corrected chi connectivity index (χ4v) is 2.88. The number of benzene rings is 3. The van der Waals surface area contributed by atoms with Crippen molar-refractivity contribution in [1.82, 2.24) is 10.2 Å². The number of ether oxygens (including phenoxy) is 1. The zero-order valence-corrected chi connectivity index (χ0v) is 14.4. The molecule has 0 unspecified atom stereocenters. The minimum absolute atomic E-state index is 0.501. The molecule has 0 bridgehead atoms. The molecule has 26 heavy (non-hydrogen) atoms. The lowest BCUT2D eigenvalue weighted by molar-refractivity contribution is 0.414. The summed E-state index contributed by atoms with van der Waals surface area (Å²) in [4.78, 5) is 0. The van der Waals surface area contributed by atoms with E-state index < -0.39 is 0 Å². The smallest absolute Gasteiger partial charge is 0.240 e. The van der Waals surface area contributed by atoms with Crippen LogP contribution in [0, 0.1) is 0 Å². The van der Waals surface area contributed by atoms with E-state index in [2.05, 4.69) is 34.5 Å². The van der Waals surface area contributed by atoms with Gasteiger partial charge in [-0.25, -0.2) is 0 Å². The van der Waals surface area contributed by atoms with E-state index in [9.17, 15) is 0 Å². The number of nitrogens with zero attached hydrogens (tertiary/aromatic N) is 2. The molecule has 1 aromatic heterocycles. The van der Waals surface area contributed by atoms with Gasteiger partial charge in [-0.05, 0) is 40.1 Å². The maximum atomic E-state index is 5.74. The topological polar surface area (TPSA) is 48.2 Å². The van der Waals surface area contributed by atoms with Crippen LogP contribution in [0.1, 0.15) is 22.9 Å². The highest BCUT2D eigenvalue weighted by atomic mass is 16.5. The van der Waals surface area contributed by atoms with E-state index in [1.165, 1.54) is 10.8 Å². The Morgan fingerprint density at radius 2 is 1.69 bits per heavy atom. The molecular formula is C22H18N2O2. The van der Waals surface area contributed by atoms with Crippen LogP contribution in [-0.2, 0) is 6.42 Å². The van der Waals surface area contributed by atoms with Gasteiger partial charge >= 0.3 is 0 Å². The van der Waals surface area contributed by atoms with Gasteiger partial charge in [-0.2, -0.15) is 0 Å². The number of methoxy groups -OCH3 is 1. The normalized spacial score (nSPS) is 11.3. The molecule has 0 fully saturated rings. The molecule has 4 rings (SSSR count). The highest BCUT2D eigenvalue weighted by Gasteiger charge is 2.05. The van der Waals surface area contributed by atoms with Gasteiger partial charge in [-0.1, -0.05) is 54.6 Å². The molecule has 0 aliphatic heterocycles. The first-order chi connectivity index (χ1) is 12.8. The van der Waals surface area contributed by atoms with Crippen molar-refractivity contribution in [3.05, 3.63) is 89.6 Å². The van der Waals surface area contributed by atoms with E-state index in [1.807, 2.05) is 54.6 Å². The van der Waals surface area contributed by atoms with E-state index in [0.717, 1.165) is 16.9 Å². The number of hydrogen-bond donors (Lipinski definition) is 0. The van der Waals surface area contributed by atoms with Crippen LogP contribution in [0.25, 0.3) is 22.9 Å². The Labute approximate surface area is 151 Å². The summed E-state index contributed by atoms with van der Waals surface area (Å²) in [5.41, 5.74) is 2.22. The van der Waals surface area contributed by atoms with Gasteiger partial charge < -0.3 is 9.15 Å². The molecule has 0 saturated carbocycles. The summed E-state index contributed by atoms with van der Waals surface area (Å²) >= 11 is 0. The van der Waals surface area contributed by atoms with Crippen molar-refractivity contribution in [2.45, 2.75) is 6.42 Å². The van der Waals surface area contributed by atoms with E-state index in [-0.39, 0.29) is 0 Å². The summed E-state index contributed by atoms with van der Waals surface area (Å²) < 4.78 is 10.9. The van der Waals surface area contributed by atoms with Crippen LogP contribution >= 0.6 is 0 Å². The monoisotopic (exact) mass is 342 g/mol. The predicted molar refractivity (Wildman–Crippen MR) is 103 cm³/mol. The maximum Gasteiger partial charge on any atom is 0.240 e. The summed E-state index contributed by atoms with van der Waals surface area (Å²) in [5, 5.41) is 10.6. The first kappa shape index (κ1) is 16.1. The Kier molecular flexibility index (Phi) is 4.48. The van der Waals surface area contributed by atoms with Crippen molar-refractivity contribution < 1.29 is 9.15 Å². The summed E-state index contributed by atoms with van der Waals surface area (Å²) in [7, 11) is 1.65. The van der Waals surface area contributed by atoms with Crippen molar-refractivity contribution in [2.75, 3.05) is 7.11 Å². The van der Waals surface area contributed by atoms with Crippen molar-refractivity contribution in [3.8, 4) is 5.75 Å². The molecule has 128 valence electrons. The summed E-state index contributed by atoms with van der Waals surface area (Å²) in [6.07, 6.45) is 4.46. The lowest BCUT2D eigenvalue weighted by atomic mass is 10.0. The number of aromatic nitrogens is 2. The molecule has 0 atom stereocenters. The third-order valence-electron chi connectivity index (χ3n) is 4.23. The van der Waals surface area contributed by atoms with Crippen molar-refractivity contribution in [2.24, 2.45) is 0 Å². The minimum Gasteiger partial charge on any atom is -0.497 e. The van der Waals surface area contributed by atoms with Crippen LogP contribution in [0.3, 0.4) is 0 Å². The van der Waals surface area contributed by atoms with E-state index in [4.69, 9.17) is 9.15 Å². The van der Waals surface area contributed by atoms with Gasteiger partial charge in [0.05, 0.1) is 13.5 Å². The summed E-state index contributed by atoms with van der Waals surface area (Å²) in [5.74, 6) is 1.92. The van der Waals surface area contributed by atoms with Crippen LogP contribution in [0.5, 0.6) is 5.75 Å². The van der Waals surface area contributed by atoms with Crippen LogP contribution in [0.4, 0.5) is 0 Å². The quantitative estimate of drug-likeness (QED) is 0.512. The van der Waals surface area contributed by atoms with Crippen LogP contribution in [0.2, 0.25) is 0 Å². The predicted octanol–water partition coefficient (Wildman–Crippen LogP) is 4.99. The van der Waals surface area contributed by atoms with Gasteiger partial charge in [0.25, 0.3) is 0 Å². The first-order valence-electron chi connectivity index (χ1n) is 8.43. The van der Waals surface area contributed by atoms with E-state index in [0.29, 0.717) is 18.2 Å². The zero-order valence-electron chi connectivity index (χ0n) is 14.4. The lowest BCUT2D eigenvalue weighted by Crippen LogP contribution is -1.89. The molecule has 0 amide bonds. The van der Waals surface area contributed by atoms with E-state index >= 15 is 0 Å². The molecule has 0 radical (unpaired) electrons. The highest BCUT2D eigenvalue weighted by Crippen LogP contribution is 2.21. The lowest BCUT2D eigenvalue weighted by Gasteiger charge is -2.01. The van der Waals surface area contributed by atoms with Gasteiger partial charge in [-0.3, -0.25) is 0 Å². The van der Waals surface area contributed by atoms with Gasteiger partial charge in [-0.15, -0.1) is 10.2 Å². The second-order valence-electron chi connectivity index (χ2n) is 5.96. The zero-order chi connectivity index (χ0) is 17.8. The van der Waals surface area contributed by atoms with Crippen molar-refractivity contribution in [3.63, 3.8) is 0 Å². The average molecular weight is 342 g/mol. The minimum atomic E-state index is 0.501. The largest absolute Gasteiger partial charge is 0.497 e. The summed E-state index contributed by atoms with van der Waals surface area (Å²) in [6, 6.07) is 22.4. The first-order valence-corrected chi connectivity index (χ1v) is 8.43. The van der Waals surface area contributed by atoms with Crippen molar-refractivity contribution >= 4 is 22.9 Å². The highest BCUT2D eigenvalue weighted by molar-refractivity contribution is 5.92. The van der Waals surface area contributed by atoms with Gasteiger partial charge in [0.1, 0.15) is 5.75 Å². The molecular weight excluding hydrogens is 324 g/mol. The third kappa shape index (κ3) is 3.49. The Bertz CT molecular complexity index is 1040. The molecule has 0 N–H and O–H groups in total. The maximum absolute atomic E-state index is 5.74. The Hall–Kier alpha value is -3.40. The standard InChI is InChI=1S/C22H18N2O2/c1-25-19-12-9-16(10-13-19)15-22-24-23-21(26-22)14-11-18-7-4-6-17-5-2-3-8-20(17)18/h2-14H,15H2,1H3/b14-11+. The number of fused-ring (bicyclic) bond motifs is 1. The molecule has 1 heterocycles. The second kappa shape index (κ2) is 7.23.